The topological polar surface area (TPSA) is 107 Å². The maximum atomic E-state index is 12.5. The van der Waals surface area contributed by atoms with E-state index < -0.39 is 11.6 Å². The van der Waals surface area contributed by atoms with Gasteiger partial charge in [0.15, 0.2) is 0 Å². The number of anilines is 1. The molecule has 0 spiro atoms. The first-order chi connectivity index (χ1) is 16.4. The summed E-state index contributed by atoms with van der Waals surface area (Å²) in [6, 6.07) is 1.35. The number of carboxylic acid groups (broad SMARTS) is 1. The Hall–Kier alpha value is -1.85. The fourth-order valence-electron chi connectivity index (χ4n) is 5.14. The first-order valence-corrected chi connectivity index (χ1v) is 12.6. The van der Waals surface area contributed by atoms with Crippen molar-refractivity contribution in [2.75, 3.05) is 57.8 Å². The van der Waals surface area contributed by atoms with Crippen molar-refractivity contribution in [1.29, 1.82) is 0 Å². The number of amides is 1. The molecule has 1 aromatic heterocycles. The average molecular weight is 530 g/mol. The van der Waals surface area contributed by atoms with E-state index in [4.69, 9.17) is 32.7 Å². The molecule has 4 heterocycles. The van der Waals surface area contributed by atoms with Crippen LogP contribution in [0.4, 0.5) is 10.6 Å². The molecule has 0 radical (unpaired) electrons. The Bertz CT molecular complexity index is 974. The molecule has 12 heteroatoms. The van der Waals surface area contributed by atoms with Crippen LogP contribution in [0.2, 0.25) is 10.2 Å². The summed E-state index contributed by atoms with van der Waals surface area (Å²) in [5.41, 5.74) is -0.594. The molecule has 0 aliphatic carbocycles. The Morgan fingerprint density at radius 1 is 1.23 bits per heavy atom. The van der Waals surface area contributed by atoms with E-state index in [0.717, 1.165) is 13.1 Å². The first-order valence-electron chi connectivity index (χ1n) is 11.8. The quantitative estimate of drug-likeness (QED) is 0.555. The van der Waals surface area contributed by atoms with Gasteiger partial charge in [0.05, 0.1) is 17.7 Å². The lowest BCUT2D eigenvalue weighted by Crippen LogP contribution is -2.55. The molecule has 4 atom stereocenters. The molecule has 3 fully saturated rings. The van der Waals surface area contributed by atoms with Crippen LogP contribution in [-0.2, 0) is 9.47 Å². The largest absolute Gasteiger partial charge is 0.478 e. The Kier molecular flexibility index (Phi) is 7.68. The Balaban J connectivity index is 1.46. The van der Waals surface area contributed by atoms with Gasteiger partial charge >= 0.3 is 12.1 Å². The fourth-order valence-corrected chi connectivity index (χ4v) is 5.65. The summed E-state index contributed by atoms with van der Waals surface area (Å²) in [5.74, 6) is -0.694. The fraction of sp³-hybridized carbons (Fsp3) is 0.696. The highest BCUT2D eigenvalue weighted by Gasteiger charge is 2.49. The molecule has 10 nitrogen and oxygen atoms in total. The number of hydrogen-bond donors (Lipinski definition) is 2. The van der Waals surface area contributed by atoms with Crippen molar-refractivity contribution in [3.8, 4) is 0 Å². The van der Waals surface area contributed by atoms with Crippen molar-refractivity contribution in [1.82, 2.24) is 20.1 Å². The summed E-state index contributed by atoms with van der Waals surface area (Å²) in [6.07, 6.45) is -0.455. The monoisotopic (exact) mass is 529 g/mol. The number of carboxylic acids is 1. The molecule has 3 aliphatic heterocycles. The lowest BCUT2D eigenvalue weighted by atomic mass is 10.0. The zero-order valence-electron chi connectivity index (χ0n) is 20.5. The standard InChI is InChI=1S/C23H33Cl2N5O5/c1-23(2,3)35-22(33)29-6-5-26-13(8-29)12-34-17-11-30(16-10-28(4)9-14(16)17)20-19(21(31)32)15(24)7-18(25)27-20/h7,13-14,16-17,26H,5-6,8-12H2,1-4H3,(H,31,32)/t13-,14?,16?,17?/m1/s1. The summed E-state index contributed by atoms with van der Waals surface area (Å²) in [7, 11) is 2.03. The number of likely N-dealkylation sites (N-methyl/N-ethyl adjacent to an activating group) is 1. The SMILES string of the molecule is CN1CC2C(OC[C@H]3CN(C(=O)OC(C)(C)C)CCN3)CN(c3nc(Cl)cc(Cl)c3C(=O)O)C2C1. The van der Waals surface area contributed by atoms with Crippen LogP contribution in [0.25, 0.3) is 0 Å². The third-order valence-electron chi connectivity index (χ3n) is 6.60. The molecule has 1 amide bonds. The maximum absolute atomic E-state index is 12.5. The number of likely N-dealkylation sites (tertiary alicyclic amines) is 1. The van der Waals surface area contributed by atoms with Gasteiger partial charge in [-0.25, -0.2) is 14.6 Å². The average Bonchev–Trinajstić information content (AvgIpc) is 3.27. The van der Waals surface area contributed by atoms with E-state index >= 15 is 0 Å². The number of ether oxygens (including phenoxy) is 2. The molecule has 3 unspecified atom stereocenters. The number of carbonyl (C=O) groups is 2. The third-order valence-corrected chi connectivity index (χ3v) is 7.09. The number of pyridine rings is 1. The number of fused-ring (bicyclic) bond motifs is 1. The van der Waals surface area contributed by atoms with E-state index in [9.17, 15) is 14.7 Å². The number of nitrogens with zero attached hydrogens (tertiary/aromatic N) is 4. The third kappa shape index (κ3) is 5.94. The lowest BCUT2D eigenvalue weighted by molar-refractivity contribution is -0.00212. The maximum Gasteiger partial charge on any atom is 0.410 e. The van der Waals surface area contributed by atoms with Crippen molar-refractivity contribution in [2.24, 2.45) is 5.92 Å². The van der Waals surface area contributed by atoms with Gasteiger partial charge in [-0.1, -0.05) is 23.2 Å². The van der Waals surface area contributed by atoms with E-state index in [1.54, 1.807) is 4.90 Å². The molecule has 35 heavy (non-hydrogen) atoms. The number of halogens is 2. The molecule has 4 rings (SSSR count). The van der Waals surface area contributed by atoms with Crippen LogP contribution in [0.5, 0.6) is 0 Å². The summed E-state index contributed by atoms with van der Waals surface area (Å²) < 4.78 is 11.9. The van der Waals surface area contributed by atoms with Crippen molar-refractivity contribution in [3.05, 3.63) is 21.8 Å². The molecule has 0 bridgehead atoms. The first kappa shape index (κ1) is 26.2. The summed E-state index contributed by atoms with van der Waals surface area (Å²) in [6.45, 7) is 9.77. The number of nitrogens with one attached hydrogen (secondary N) is 1. The van der Waals surface area contributed by atoms with E-state index in [1.807, 2.05) is 32.7 Å². The van der Waals surface area contributed by atoms with Crippen molar-refractivity contribution in [2.45, 2.75) is 44.6 Å². The van der Waals surface area contributed by atoms with Gasteiger partial charge in [-0.3, -0.25) is 0 Å². The number of carbonyl (C=O) groups excluding carboxylic acids is 1. The zero-order chi connectivity index (χ0) is 25.5. The Morgan fingerprint density at radius 3 is 2.66 bits per heavy atom. The van der Waals surface area contributed by atoms with E-state index in [1.165, 1.54) is 6.07 Å². The molecule has 1 aromatic rings. The van der Waals surface area contributed by atoms with E-state index in [2.05, 4.69) is 15.2 Å². The molecule has 0 aromatic carbocycles. The van der Waals surface area contributed by atoms with Crippen LogP contribution >= 0.6 is 23.2 Å². The predicted octanol–water partition coefficient (Wildman–Crippen LogP) is 2.43. The van der Waals surface area contributed by atoms with Gasteiger partial charge in [0.1, 0.15) is 22.1 Å². The van der Waals surface area contributed by atoms with Crippen LogP contribution in [0, 0.1) is 5.92 Å². The second-order valence-electron chi connectivity index (χ2n) is 10.5. The lowest BCUT2D eigenvalue weighted by Gasteiger charge is -2.35. The summed E-state index contributed by atoms with van der Waals surface area (Å²) >= 11 is 12.4. The van der Waals surface area contributed by atoms with Crippen LogP contribution in [-0.4, -0.2) is 109 Å². The van der Waals surface area contributed by atoms with Gasteiger partial charge in [-0.05, 0) is 33.9 Å². The summed E-state index contributed by atoms with van der Waals surface area (Å²) in [4.78, 5) is 34.7. The number of rotatable bonds is 5. The van der Waals surface area contributed by atoms with E-state index in [0.29, 0.717) is 32.8 Å². The van der Waals surface area contributed by atoms with Gasteiger partial charge in [0, 0.05) is 57.3 Å². The van der Waals surface area contributed by atoms with Crippen molar-refractivity contribution >= 4 is 41.1 Å². The number of piperazine rings is 1. The van der Waals surface area contributed by atoms with Crippen LogP contribution < -0.4 is 10.2 Å². The highest BCUT2D eigenvalue weighted by Crippen LogP contribution is 2.39. The molecular formula is C23H33Cl2N5O5. The highest BCUT2D eigenvalue weighted by molar-refractivity contribution is 6.36. The number of aromatic carboxylic acids is 1. The van der Waals surface area contributed by atoms with Crippen molar-refractivity contribution in [3.63, 3.8) is 0 Å². The molecular weight excluding hydrogens is 497 g/mol. The Morgan fingerprint density at radius 2 is 1.97 bits per heavy atom. The smallest absolute Gasteiger partial charge is 0.410 e. The second-order valence-corrected chi connectivity index (χ2v) is 11.3. The van der Waals surface area contributed by atoms with Gasteiger partial charge < -0.3 is 34.6 Å². The van der Waals surface area contributed by atoms with Crippen molar-refractivity contribution < 1.29 is 24.2 Å². The minimum Gasteiger partial charge on any atom is -0.478 e. The predicted molar refractivity (Wildman–Crippen MR) is 133 cm³/mol. The van der Waals surface area contributed by atoms with Crippen LogP contribution in [0.1, 0.15) is 31.1 Å². The minimum atomic E-state index is -1.14. The normalized spacial score (nSPS) is 27.3. The van der Waals surface area contributed by atoms with Gasteiger partial charge in [0.2, 0.25) is 0 Å². The van der Waals surface area contributed by atoms with Crippen LogP contribution in [0.3, 0.4) is 0 Å². The minimum absolute atomic E-state index is 0.0303. The zero-order valence-corrected chi connectivity index (χ0v) is 22.0. The summed E-state index contributed by atoms with van der Waals surface area (Å²) in [5, 5.41) is 13.4. The van der Waals surface area contributed by atoms with Gasteiger partial charge in [0.25, 0.3) is 0 Å². The Labute approximate surface area is 215 Å². The number of hydrogen-bond acceptors (Lipinski definition) is 8. The molecule has 3 saturated heterocycles. The van der Waals surface area contributed by atoms with Gasteiger partial charge in [-0.15, -0.1) is 0 Å². The molecule has 194 valence electrons. The molecule has 3 aliphatic rings. The highest BCUT2D eigenvalue weighted by atomic mass is 35.5. The molecule has 2 N–H and O–H groups in total. The van der Waals surface area contributed by atoms with Gasteiger partial charge in [-0.2, -0.15) is 0 Å². The second kappa shape index (κ2) is 10.3. The van der Waals surface area contributed by atoms with Crippen LogP contribution in [0.15, 0.2) is 6.07 Å². The van der Waals surface area contributed by atoms with E-state index in [-0.39, 0.29) is 51.8 Å². The number of aromatic nitrogens is 1. The molecule has 0 saturated carbocycles.